The van der Waals surface area contributed by atoms with E-state index in [2.05, 4.69) is 52.3 Å². The van der Waals surface area contributed by atoms with E-state index in [9.17, 15) is 0 Å². The molecule has 2 aromatic heterocycles. The highest BCUT2D eigenvalue weighted by Crippen LogP contribution is 2.28. The third kappa shape index (κ3) is 3.79. The second kappa shape index (κ2) is 6.67. The van der Waals surface area contributed by atoms with Gasteiger partial charge in [-0.05, 0) is 6.92 Å². The molecular weight excluding hydrogens is 310 g/mol. The van der Waals surface area contributed by atoms with Crippen LogP contribution in [0.15, 0.2) is 12.5 Å². The lowest BCUT2D eigenvalue weighted by molar-refractivity contribution is -0.0386. The van der Waals surface area contributed by atoms with Gasteiger partial charge in [0.2, 0.25) is 0 Å². The van der Waals surface area contributed by atoms with Gasteiger partial charge in [0.25, 0.3) is 0 Å². The average Bonchev–Trinajstić information content (AvgIpc) is 3.15. The minimum Gasteiger partial charge on any atom is -0.368 e. The molecule has 1 aliphatic heterocycles. The van der Waals surface area contributed by atoms with Gasteiger partial charge in [-0.25, -0.2) is 4.98 Å². The van der Waals surface area contributed by atoms with Crippen LogP contribution < -0.4 is 0 Å². The lowest BCUT2D eigenvalue weighted by atomic mass is 9.98. The molecule has 1 aliphatic rings. The van der Waals surface area contributed by atoms with E-state index >= 15 is 0 Å². The minimum atomic E-state index is 0.00112. The van der Waals surface area contributed by atoms with E-state index in [0.717, 1.165) is 38.6 Å². The van der Waals surface area contributed by atoms with Crippen molar-refractivity contribution in [1.29, 1.82) is 0 Å². The van der Waals surface area contributed by atoms with Crippen molar-refractivity contribution in [3.05, 3.63) is 28.2 Å². The fraction of sp³-hybridized carbons (Fsp3) is 0.688. The maximum atomic E-state index is 5.92. The zero-order valence-electron chi connectivity index (χ0n) is 14.3. The highest BCUT2D eigenvalue weighted by Gasteiger charge is 2.26. The number of aryl methyl sites for hydroxylation is 1. The molecule has 2 aromatic rings. The molecule has 6 nitrogen and oxygen atoms in total. The lowest BCUT2D eigenvalue weighted by Crippen LogP contribution is -2.38. The number of hydrogen-bond acceptors (Lipinski definition) is 6. The summed E-state index contributed by atoms with van der Waals surface area (Å²) in [6, 6.07) is 0. The molecule has 0 radical (unpaired) electrons. The fourth-order valence-electron chi connectivity index (χ4n) is 2.71. The summed E-state index contributed by atoms with van der Waals surface area (Å²) in [6.45, 7) is 13.0. The normalized spacial score (nSPS) is 20.1. The van der Waals surface area contributed by atoms with Crippen molar-refractivity contribution in [3.63, 3.8) is 0 Å². The third-order valence-electron chi connectivity index (χ3n) is 4.00. The smallest absolute Gasteiger partial charge is 0.163 e. The molecule has 23 heavy (non-hydrogen) atoms. The van der Waals surface area contributed by atoms with Gasteiger partial charge in [0, 0.05) is 42.7 Å². The summed E-state index contributed by atoms with van der Waals surface area (Å²) in [5.74, 6) is 0.928. The second-order valence-corrected chi connectivity index (χ2v) is 8.07. The van der Waals surface area contributed by atoms with E-state index < -0.39 is 0 Å². The second-order valence-electron chi connectivity index (χ2n) is 6.95. The first-order valence-electron chi connectivity index (χ1n) is 8.14. The van der Waals surface area contributed by atoms with Gasteiger partial charge in [0.15, 0.2) is 5.82 Å². The first-order chi connectivity index (χ1) is 11.0. The zero-order chi connectivity index (χ0) is 16.4. The van der Waals surface area contributed by atoms with Crippen LogP contribution >= 0.6 is 11.3 Å². The molecule has 3 heterocycles. The van der Waals surface area contributed by atoms with Crippen LogP contribution in [0.25, 0.3) is 0 Å². The van der Waals surface area contributed by atoms with Crippen LogP contribution in [0.4, 0.5) is 0 Å². The number of nitrogens with zero attached hydrogens (tertiary/aromatic N) is 5. The van der Waals surface area contributed by atoms with Gasteiger partial charge in [-0.2, -0.15) is 0 Å². The number of morpholine rings is 1. The van der Waals surface area contributed by atoms with Crippen molar-refractivity contribution in [2.45, 2.75) is 52.3 Å². The van der Waals surface area contributed by atoms with Crippen LogP contribution in [-0.2, 0) is 23.2 Å². The number of ether oxygens (including phenoxy) is 1. The van der Waals surface area contributed by atoms with E-state index in [4.69, 9.17) is 4.74 Å². The molecule has 7 heteroatoms. The van der Waals surface area contributed by atoms with Crippen molar-refractivity contribution >= 4 is 11.3 Å². The Hall–Kier alpha value is -1.31. The molecule has 0 amide bonds. The molecule has 0 saturated carbocycles. The Morgan fingerprint density at radius 1 is 1.39 bits per heavy atom. The van der Waals surface area contributed by atoms with Crippen LogP contribution in [0.2, 0.25) is 0 Å². The van der Waals surface area contributed by atoms with E-state index in [-0.39, 0.29) is 11.5 Å². The number of aromatic nitrogens is 4. The molecule has 1 fully saturated rings. The summed E-state index contributed by atoms with van der Waals surface area (Å²) in [6.07, 6.45) is 3.79. The number of thiazole rings is 1. The molecular formula is C16H25N5OS. The monoisotopic (exact) mass is 335 g/mol. The van der Waals surface area contributed by atoms with E-state index in [1.165, 1.54) is 9.88 Å². The van der Waals surface area contributed by atoms with Gasteiger partial charge in [-0.1, -0.05) is 20.8 Å². The van der Waals surface area contributed by atoms with Gasteiger partial charge in [-0.15, -0.1) is 21.5 Å². The topological polar surface area (TPSA) is 56.1 Å². The number of rotatable bonds is 4. The Morgan fingerprint density at radius 3 is 2.91 bits per heavy atom. The predicted molar refractivity (Wildman–Crippen MR) is 90.5 cm³/mol. The molecule has 0 aromatic carbocycles. The van der Waals surface area contributed by atoms with Gasteiger partial charge in [-0.3, -0.25) is 4.90 Å². The average molecular weight is 335 g/mol. The molecule has 126 valence electrons. The lowest BCUT2D eigenvalue weighted by Gasteiger charge is -2.32. The van der Waals surface area contributed by atoms with Crippen LogP contribution in [0.5, 0.6) is 0 Å². The molecule has 0 N–H and O–H groups in total. The van der Waals surface area contributed by atoms with Gasteiger partial charge in [0.1, 0.15) is 12.4 Å². The van der Waals surface area contributed by atoms with Gasteiger partial charge < -0.3 is 9.30 Å². The first-order valence-corrected chi connectivity index (χ1v) is 8.96. The fourth-order valence-corrected chi connectivity index (χ4v) is 3.72. The third-order valence-corrected chi connectivity index (χ3v) is 5.41. The summed E-state index contributed by atoms with van der Waals surface area (Å²) >= 11 is 1.81. The van der Waals surface area contributed by atoms with Crippen molar-refractivity contribution in [1.82, 2.24) is 24.6 Å². The summed E-state index contributed by atoms with van der Waals surface area (Å²) in [4.78, 5) is 8.32. The van der Waals surface area contributed by atoms with E-state index in [0.29, 0.717) is 0 Å². The predicted octanol–water partition coefficient (Wildman–Crippen LogP) is 2.63. The standard InChI is InChI=1S/C16H25N5OS/c1-5-21-11-18-19-14(21)13-10-20(6-7-22-13)9-12-8-17-15(23-12)16(2,3)4/h8,11,13H,5-7,9-10H2,1-4H3/t13-/m0/s1. The van der Waals surface area contributed by atoms with Crippen molar-refractivity contribution in [2.24, 2.45) is 0 Å². The van der Waals surface area contributed by atoms with E-state index in [1.807, 2.05) is 17.5 Å². The highest BCUT2D eigenvalue weighted by atomic mass is 32.1. The summed E-state index contributed by atoms with van der Waals surface area (Å²) in [7, 11) is 0. The first kappa shape index (κ1) is 16.5. The Bertz CT molecular complexity index is 645. The Balaban J connectivity index is 1.66. The molecule has 0 aliphatic carbocycles. The van der Waals surface area contributed by atoms with Crippen LogP contribution in [0, 0.1) is 0 Å². The Kier molecular flexibility index (Phi) is 4.79. The van der Waals surface area contributed by atoms with Crippen molar-refractivity contribution in [2.75, 3.05) is 19.7 Å². The van der Waals surface area contributed by atoms with Gasteiger partial charge in [0.05, 0.1) is 11.6 Å². The number of hydrogen-bond donors (Lipinski definition) is 0. The van der Waals surface area contributed by atoms with Crippen molar-refractivity contribution in [3.8, 4) is 0 Å². The Morgan fingerprint density at radius 2 is 2.22 bits per heavy atom. The molecule has 0 bridgehead atoms. The van der Waals surface area contributed by atoms with Gasteiger partial charge >= 0.3 is 0 Å². The minimum absolute atomic E-state index is 0.00112. The largest absolute Gasteiger partial charge is 0.368 e. The molecule has 3 rings (SSSR count). The molecule has 1 saturated heterocycles. The highest BCUT2D eigenvalue weighted by molar-refractivity contribution is 7.11. The quantitative estimate of drug-likeness (QED) is 0.860. The maximum Gasteiger partial charge on any atom is 0.163 e. The maximum absolute atomic E-state index is 5.92. The summed E-state index contributed by atoms with van der Waals surface area (Å²) in [5, 5.41) is 9.45. The van der Waals surface area contributed by atoms with E-state index in [1.54, 1.807) is 6.33 Å². The molecule has 0 spiro atoms. The van der Waals surface area contributed by atoms with Crippen LogP contribution in [0.3, 0.4) is 0 Å². The van der Waals surface area contributed by atoms with Crippen LogP contribution in [-0.4, -0.2) is 44.3 Å². The van der Waals surface area contributed by atoms with Crippen molar-refractivity contribution < 1.29 is 4.74 Å². The summed E-state index contributed by atoms with van der Waals surface area (Å²) < 4.78 is 7.97. The molecule has 1 atom stereocenters. The van der Waals surface area contributed by atoms with Crippen LogP contribution in [0.1, 0.15) is 49.5 Å². The SMILES string of the molecule is CCn1cnnc1[C@@H]1CN(Cc2cnc(C(C)(C)C)s2)CCO1. The zero-order valence-corrected chi connectivity index (χ0v) is 15.1. The Labute approximate surface area is 141 Å². The summed E-state index contributed by atoms with van der Waals surface area (Å²) in [5.41, 5.74) is 0.119. The molecule has 0 unspecified atom stereocenters.